The number of carbonyl (C=O) groups excluding carboxylic acids is 1. The first kappa shape index (κ1) is 12.1. The van der Waals surface area contributed by atoms with Gasteiger partial charge in [0.1, 0.15) is 6.29 Å². The fraction of sp³-hybridized carbons (Fsp3) is 0.929. The summed E-state index contributed by atoms with van der Waals surface area (Å²) in [6.45, 7) is 2.20. The number of aldehydes is 1. The van der Waals surface area contributed by atoms with Crippen molar-refractivity contribution in [2.45, 2.75) is 51.4 Å². The second-order valence-electron chi connectivity index (χ2n) is 6.03. The molecule has 0 aromatic heterocycles. The van der Waals surface area contributed by atoms with Crippen molar-refractivity contribution < 1.29 is 4.79 Å². The highest BCUT2D eigenvalue weighted by Gasteiger charge is 2.34. The Labute approximate surface area is 99.4 Å². The second-order valence-corrected chi connectivity index (χ2v) is 6.03. The maximum absolute atomic E-state index is 11.3. The Morgan fingerprint density at radius 2 is 1.81 bits per heavy atom. The molecule has 0 heterocycles. The molecule has 0 aromatic carbocycles. The van der Waals surface area contributed by atoms with Gasteiger partial charge in [0, 0.05) is 18.5 Å². The van der Waals surface area contributed by atoms with Crippen LogP contribution in [0.2, 0.25) is 0 Å². The molecule has 16 heavy (non-hydrogen) atoms. The summed E-state index contributed by atoms with van der Waals surface area (Å²) in [5, 5.41) is 0. The Hall–Kier alpha value is -0.370. The Balaban J connectivity index is 1.80. The summed E-state index contributed by atoms with van der Waals surface area (Å²) in [6, 6.07) is 0. The van der Waals surface area contributed by atoms with E-state index in [4.69, 9.17) is 0 Å². The molecule has 2 heteroatoms. The van der Waals surface area contributed by atoms with Gasteiger partial charge in [-0.1, -0.05) is 25.7 Å². The molecule has 2 nitrogen and oxygen atoms in total. The summed E-state index contributed by atoms with van der Waals surface area (Å²) in [5.74, 6) is 0.898. The van der Waals surface area contributed by atoms with Crippen LogP contribution >= 0.6 is 0 Å². The predicted molar refractivity (Wildman–Crippen MR) is 66.4 cm³/mol. The summed E-state index contributed by atoms with van der Waals surface area (Å²) < 4.78 is 0. The monoisotopic (exact) mass is 223 g/mol. The maximum Gasteiger partial charge on any atom is 0.127 e. The fourth-order valence-corrected chi connectivity index (χ4v) is 3.63. The molecular formula is C14H25NO. The van der Waals surface area contributed by atoms with Gasteiger partial charge in [0.05, 0.1) is 0 Å². The summed E-state index contributed by atoms with van der Waals surface area (Å²) in [4.78, 5) is 13.7. The number of hydrogen-bond acceptors (Lipinski definition) is 2. The Morgan fingerprint density at radius 1 is 1.19 bits per heavy atom. The first-order valence-corrected chi connectivity index (χ1v) is 6.89. The van der Waals surface area contributed by atoms with Crippen LogP contribution < -0.4 is 0 Å². The molecule has 0 atom stereocenters. The van der Waals surface area contributed by atoms with E-state index in [1.807, 2.05) is 0 Å². The van der Waals surface area contributed by atoms with Crippen molar-refractivity contribution in [1.82, 2.24) is 4.90 Å². The third kappa shape index (κ3) is 2.85. The standard InChI is InChI=1S/C14H25NO/c1-15(10-13-6-2-3-7-13)11-14(12-16)8-4-5-9-14/h12-13H,2-11H2,1H3. The molecule has 2 aliphatic carbocycles. The normalized spacial score (nSPS) is 25.4. The van der Waals surface area contributed by atoms with Crippen molar-refractivity contribution in [3.63, 3.8) is 0 Å². The van der Waals surface area contributed by atoms with Gasteiger partial charge < -0.3 is 9.69 Å². The second kappa shape index (κ2) is 5.31. The quantitative estimate of drug-likeness (QED) is 0.668. The third-order valence-corrected chi connectivity index (χ3v) is 4.48. The highest BCUT2D eigenvalue weighted by atomic mass is 16.1. The van der Waals surface area contributed by atoms with Crippen molar-refractivity contribution >= 4 is 6.29 Å². The van der Waals surface area contributed by atoms with Crippen LogP contribution in [0.3, 0.4) is 0 Å². The minimum atomic E-state index is 0.00730. The topological polar surface area (TPSA) is 20.3 Å². The first-order chi connectivity index (χ1) is 7.74. The van der Waals surface area contributed by atoms with Gasteiger partial charge in [-0.3, -0.25) is 0 Å². The summed E-state index contributed by atoms with van der Waals surface area (Å²) in [7, 11) is 2.20. The molecule has 2 fully saturated rings. The fourth-order valence-electron chi connectivity index (χ4n) is 3.63. The zero-order chi connectivity index (χ0) is 11.4. The van der Waals surface area contributed by atoms with Gasteiger partial charge in [0.25, 0.3) is 0 Å². The van der Waals surface area contributed by atoms with Gasteiger partial charge in [-0.15, -0.1) is 0 Å². The van der Waals surface area contributed by atoms with Crippen molar-refractivity contribution in [3.8, 4) is 0 Å². The van der Waals surface area contributed by atoms with Crippen LogP contribution in [0, 0.1) is 11.3 Å². The number of hydrogen-bond donors (Lipinski definition) is 0. The molecule has 2 aliphatic rings. The number of rotatable bonds is 5. The van der Waals surface area contributed by atoms with Gasteiger partial charge in [0.2, 0.25) is 0 Å². The van der Waals surface area contributed by atoms with Crippen molar-refractivity contribution in [2.75, 3.05) is 20.1 Å². The molecule has 0 radical (unpaired) electrons. The van der Waals surface area contributed by atoms with Crippen LogP contribution in [-0.4, -0.2) is 31.3 Å². The van der Waals surface area contributed by atoms with Gasteiger partial charge in [-0.25, -0.2) is 0 Å². The number of nitrogens with zero attached hydrogens (tertiary/aromatic N) is 1. The molecule has 0 N–H and O–H groups in total. The molecule has 0 unspecified atom stereocenters. The molecule has 2 rings (SSSR count). The van der Waals surface area contributed by atoms with Gasteiger partial charge in [0.15, 0.2) is 0 Å². The first-order valence-electron chi connectivity index (χ1n) is 6.89. The molecule has 92 valence electrons. The Morgan fingerprint density at radius 3 is 2.38 bits per heavy atom. The zero-order valence-corrected chi connectivity index (χ0v) is 10.6. The summed E-state index contributed by atoms with van der Waals surface area (Å²) in [5.41, 5.74) is 0.00730. The molecular weight excluding hydrogens is 198 g/mol. The van der Waals surface area contributed by atoms with E-state index in [0.29, 0.717) is 0 Å². The minimum Gasteiger partial charge on any atom is -0.305 e. The van der Waals surface area contributed by atoms with Crippen LogP contribution in [0.25, 0.3) is 0 Å². The third-order valence-electron chi connectivity index (χ3n) is 4.48. The minimum absolute atomic E-state index is 0.00730. The number of carbonyl (C=O) groups is 1. The lowest BCUT2D eigenvalue weighted by molar-refractivity contribution is -0.116. The lowest BCUT2D eigenvalue weighted by Crippen LogP contribution is -2.37. The average Bonchev–Trinajstić information content (AvgIpc) is 2.90. The van der Waals surface area contributed by atoms with Crippen LogP contribution in [0.4, 0.5) is 0 Å². The SMILES string of the molecule is CN(CC1CCCC1)CC1(C=O)CCCC1. The Kier molecular flexibility index (Phi) is 4.01. The lowest BCUT2D eigenvalue weighted by Gasteiger charge is -2.30. The van der Waals surface area contributed by atoms with E-state index in [-0.39, 0.29) is 5.41 Å². The van der Waals surface area contributed by atoms with Crippen LogP contribution in [0.1, 0.15) is 51.4 Å². The molecule has 0 amide bonds. The van der Waals surface area contributed by atoms with E-state index in [0.717, 1.165) is 25.3 Å². The largest absolute Gasteiger partial charge is 0.305 e. The highest BCUT2D eigenvalue weighted by molar-refractivity contribution is 5.60. The average molecular weight is 223 g/mol. The van der Waals surface area contributed by atoms with Crippen LogP contribution in [0.5, 0.6) is 0 Å². The Bertz CT molecular complexity index is 227. The maximum atomic E-state index is 11.3. The molecule has 0 saturated heterocycles. The predicted octanol–water partition coefficient (Wildman–Crippen LogP) is 2.87. The van der Waals surface area contributed by atoms with E-state index < -0.39 is 0 Å². The molecule has 0 aromatic rings. The zero-order valence-electron chi connectivity index (χ0n) is 10.6. The smallest absolute Gasteiger partial charge is 0.127 e. The molecule has 2 saturated carbocycles. The van der Waals surface area contributed by atoms with Crippen molar-refractivity contribution in [1.29, 1.82) is 0 Å². The van der Waals surface area contributed by atoms with Gasteiger partial charge >= 0.3 is 0 Å². The van der Waals surface area contributed by atoms with E-state index in [1.165, 1.54) is 51.4 Å². The van der Waals surface area contributed by atoms with Crippen LogP contribution in [0.15, 0.2) is 0 Å². The molecule has 0 spiro atoms. The molecule has 0 bridgehead atoms. The van der Waals surface area contributed by atoms with Crippen LogP contribution in [-0.2, 0) is 4.79 Å². The van der Waals surface area contributed by atoms with Gasteiger partial charge in [-0.05, 0) is 38.6 Å². The van der Waals surface area contributed by atoms with E-state index >= 15 is 0 Å². The highest BCUT2D eigenvalue weighted by Crippen LogP contribution is 2.37. The van der Waals surface area contributed by atoms with E-state index in [9.17, 15) is 4.79 Å². The van der Waals surface area contributed by atoms with Gasteiger partial charge in [-0.2, -0.15) is 0 Å². The molecule has 0 aliphatic heterocycles. The lowest BCUT2D eigenvalue weighted by atomic mass is 9.87. The summed E-state index contributed by atoms with van der Waals surface area (Å²) in [6.07, 6.45) is 11.6. The van der Waals surface area contributed by atoms with Crippen molar-refractivity contribution in [3.05, 3.63) is 0 Å². The van der Waals surface area contributed by atoms with Crippen molar-refractivity contribution in [2.24, 2.45) is 11.3 Å². The van der Waals surface area contributed by atoms with E-state index in [2.05, 4.69) is 11.9 Å². The summed E-state index contributed by atoms with van der Waals surface area (Å²) >= 11 is 0. The van der Waals surface area contributed by atoms with E-state index in [1.54, 1.807) is 0 Å².